The van der Waals surface area contributed by atoms with Gasteiger partial charge in [-0.25, -0.2) is 0 Å². The average Bonchev–Trinajstić information content (AvgIpc) is 3.04. The molecule has 2 atom stereocenters. The summed E-state index contributed by atoms with van der Waals surface area (Å²) in [6.45, 7) is 2.14. The molecule has 1 heteroatoms. The maximum Gasteiger partial charge on any atom is 0.0489 e. The molecule has 2 aromatic rings. The van der Waals surface area contributed by atoms with Crippen LogP contribution in [0.4, 0.5) is 0 Å². The predicted molar refractivity (Wildman–Crippen MR) is 70.8 cm³/mol. The summed E-state index contributed by atoms with van der Waals surface area (Å²) in [7, 11) is 0. The van der Waals surface area contributed by atoms with Gasteiger partial charge >= 0.3 is 0 Å². The van der Waals surface area contributed by atoms with Gasteiger partial charge in [0.05, 0.1) is 0 Å². The second kappa shape index (κ2) is 3.71. The first-order chi connectivity index (χ1) is 8.22. The Balaban J connectivity index is 1.95. The Kier molecular flexibility index (Phi) is 2.30. The van der Waals surface area contributed by atoms with Crippen LogP contribution in [0.3, 0.4) is 0 Å². The first-order valence-corrected chi connectivity index (χ1v) is 6.12. The first kappa shape index (κ1) is 10.5. The van der Waals surface area contributed by atoms with Gasteiger partial charge in [0.2, 0.25) is 0 Å². The largest absolute Gasteiger partial charge is 0.321 e. The molecule has 0 spiro atoms. The molecule has 0 aromatic heterocycles. The number of nitrogens with two attached hydrogens (primary N) is 1. The van der Waals surface area contributed by atoms with Crippen molar-refractivity contribution in [1.29, 1.82) is 0 Å². The van der Waals surface area contributed by atoms with E-state index in [1.54, 1.807) is 0 Å². The highest BCUT2D eigenvalue weighted by atomic mass is 14.9. The van der Waals surface area contributed by atoms with E-state index in [9.17, 15) is 0 Å². The average molecular weight is 223 g/mol. The highest BCUT2D eigenvalue weighted by Crippen LogP contribution is 2.56. The number of hydrogen-bond donors (Lipinski definition) is 1. The smallest absolute Gasteiger partial charge is 0.0489 e. The number of rotatable bonds is 2. The van der Waals surface area contributed by atoms with Crippen molar-refractivity contribution in [3.05, 3.63) is 71.3 Å². The third-order valence-electron chi connectivity index (χ3n) is 3.85. The van der Waals surface area contributed by atoms with E-state index >= 15 is 0 Å². The lowest BCUT2D eigenvalue weighted by Gasteiger charge is -2.15. The van der Waals surface area contributed by atoms with Crippen molar-refractivity contribution < 1.29 is 0 Å². The molecule has 0 bridgehead atoms. The lowest BCUT2D eigenvalue weighted by molar-refractivity contribution is 0.700. The van der Waals surface area contributed by atoms with Crippen LogP contribution in [0.15, 0.2) is 54.6 Å². The van der Waals surface area contributed by atoms with E-state index in [0.29, 0.717) is 5.92 Å². The minimum atomic E-state index is -0.146. The van der Waals surface area contributed by atoms with Crippen LogP contribution in [0.2, 0.25) is 0 Å². The van der Waals surface area contributed by atoms with Crippen LogP contribution in [0.25, 0.3) is 0 Å². The quantitative estimate of drug-likeness (QED) is 0.830. The van der Waals surface area contributed by atoms with Crippen LogP contribution in [0.1, 0.15) is 29.0 Å². The van der Waals surface area contributed by atoms with Gasteiger partial charge < -0.3 is 5.73 Å². The van der Waals surface area contributed by atoms with E-state index in [1.807, 2.05) is 0 Å². The Morgan fingerprint density at radius 1 is 1.00 bits per heavy atom. The van der Waals surface area contributed by atoms with Crippen molar-refractivity contribution in [2.24, 2.45) is 5.73 Å². The summed E-state index contributed by atoms with van der Waals surface area (Å²) in [5.41, 5.74) is 10.4. The number of aryl methyl sites for hydroxylation is 1. The molecular weight excluding hydrogens is 206 g/mol. The molecule has 0 saturated heterocycles. The maximum atomic E-state index is 6.54. The van der Waals surface area contributed by atoms with Crippen LogP contribution < -0.4 is 5.73 Å². The summed E-state index contributed by atoms with van der Waals surface area (Å²) in [6, 6.07) is 19.0. The van der Waals surface area contributed by atoms with Crippen LogP contribution in [0, 0.1) is 6.92 Å². The zero-order valence-electron chi connectivity index (χ0n) is 10.1. The molecule has 1 nitrogen and oxygen atoms in total. The van der Waals surface area contributed by atoms with E-state index in [4.69, 9.17) is 5.73 Å². The lowest BCUT2D eigenvalue weighted by atomic mass is 9.96. The van der Waals surface area contributed by atoms with Gasteiger partial charge in [0.15, 0.2) is 0 Å². The zero-order chi connectivity index (χ0) is 11.9. The second-order valence-corrected chi connectivity index (χ2v) is 5.02. The molecule has 0 heterocycles. The molecule has 0 aliphatic heterocycles. The zero-order valence-corrected chi connectivity index (χ0v) is 10.1. The van der Waals surface area contributed by atoms with Gasteiger partial charge in [-0.15, -0.1) is 0 Å². The molecule has 17 heavy (non-hydrogen) atoms. The summed E-state index contributed by atoms with van der Waals surface area (Å²) in [5.74, 6) is 0.477. The van der Waals surface area contributed by atoms with Crippen LogP contribution >= 0.6 is 0 Å². The van der Waals surface area contributed by atoms with Gasteiger partial charge in [0.1, 0.15) is 0 Å². The molecule has 1 aliphatic rings. The molecule has 2 N–H and O–H groups in total. The number of hydrogen-bond acceptors (Lipinski definition) is 1. The molecule has 0 radical (unpaired) electrons. The van der Waals surface area contributed by atoms with E-state index in [2.05, 4.69) is 61.5 Å². The number of benzene rings is 2. The first-order valence-electron chi connectivity index (χ1n) is 6.12. The summed E-state index contributed by atoms with van der Waals surface area (Å²) in [5, 5.41) is 0. The molecule has 3 rings (SSSR count). The van der Waals surface area contributed by atoms with Crippen LogP contribution in [0.5, 0.6) is 0 Å². The monoisotopic (exact) mass is 223 g/mol. The molecule has 0 amide bonds. The highest BCUT2D eigenvalue weighted by molar-refractivity contribution is 5.44. The molecule has 1 fully saturated rings. The summed E-state index contributed by atoms with van der Waals surface area (Å²) >= 11 is 0. The van der Waals surface area contributed by atoms with Crippen molar-refractivity contribution in [2.45, 2.75) is 24.8 Å². The fourth-order valence-electron chi connectivity index (χ4n) is 2.77. The van der Waals surface area contributed by atoms with E-state index < -0.39 is 0 Å². The van der Waals surface area contributed by atoms with Gasteiger partial charge in [-0.05, 0) is 30.0 Å². The minimum Gasteiger partial charge on any atom is -0.321 e. The van der Waals surface area contributed by atoms with Crippen molar-refractivity contribution >= 4 is 0 Å². The summed E-state index contributed by atoms with van der Waals surface area (Å²) in [4.78, 5) is 0. The van der Waals surface area contributed by atoms with Crippen molar-refractivity contribution in [3.8, 4) is 0 Å². The van der Waals surface area contributed by atoms with E-state index in [-0.39, 0.29) is 5.54 Å². The molecule has 2 aromatic carbocycles. The molecular formula is C16H17N. The summed E-state index contributed by atoms with van der Waals surface area (Å²) in [6.07, 6.45) is 1.06. The Morgan fingerprint density at radius 3 is 2.35 bits per heavy atom. The summed E-state index contributed by atoms with van der Waals surface area (Å²) < 4.78 is 0. The Hall–Kier alpha value is -1.60. The fourth-order valence-corrected chi connectivity index (χ4v) is 2.77. The maximum absolute atomic E-state index is 6.54. The normalized spacial score (nSPS) is 26.8. The van der Waals surface area contributed by atoms with Gasteiger partial charge in [0.25, 0.3) is 0 Å². The van der Waals surface area contributed by atoms with Crippen molar-refractivity contribution in [2.75, 3.05) is 0 Å². The van der Waals surface area contributed by atoms with E-state index in [0.717, 1.165) is 6.42 Å². The van der Waals surface area contributed by atoms with Crippen molar-refractivity contribution in [1.82, 2.24) is 0 Å². The fraction of sp³-hybridized carbons (Fsp3) is 0.250. The molecule has 86 valence electrons. The lowest BCUT2D eigenvalue weighted by Crippen LogP contribution is -2.22. The third-order valence-corrected chi connectivity index (χ3v) is 3.85. The van der Waals surface area contributed by atoms with Gasteiger partial charge in [-0.1, -0.05) is 54.6 Å². The van der Waals surface area contributed by atoms with Crippen LogP contribution in [-0.4, -0.2) is 0 Å². The van der Waals surface area contributed by atoms with Gasteiger partial charge in [-0.3, -0.25) is 0 Å². The molecule has 2 unspecified atom stereocenters. The topological polar surface area (TPSA) is 26.0 Å². The second-order valence-electron chi connectivity index (χ2n) is 5.02. The standard InChI is InChI=1S/C16H17N/c1-12-7-5-6-10-14(12)16(17)11-15(16)13-8-3-2-4-9-13/h2-10,15H,11,17H2,1H3. The Labute approximate surface area is 102 Å². The Morgan fingerprint density at radius 2 is 1.65 bits per heavy atom. The third kappa shape index (κ3) is 1.67. The Bertz CT molecular complexity index is 532. The van der Waals surface area contributed by atoms with E-state index in [1.165, 1.54) is 16.7 Å². The molecule has 1 aliphatic carbocycles. The molecule has 1 saturated carbocycles. The predicted octanol–water partition coefficient (Wildman–Crippen LogP) is 3.34. The van der Waals surface area contributed by atoms with Crippen molar-refractivity contribution in [3.63, 3.8) is 0 Å². The highest BCUT2D eigenvalue weighted by Gasteiger charge is 2.53. The SMILES string of the molecule is Cc1ccccc1C1(N)CC1c1ccccc1. The van der Waals surface area contributed by atoms with Gasteiger partial charge in [0, 0.05) is 11.5 Å². The minimum absolute atomic E-state index is 0.146. The van der Waals surface area contributed by atoms with Crippen LogP contribution in [-0.2, 0) is 5.54 Å². The van der Waals surface area contributed by atoms with Gasteiger partial charge in [-0.2, -0.15) is 0 Å².